The number of nitrogens with two attached hydrogens (primary N) is 1. The molecule has 2 atom stereocenters. The van der Waals surface area contributed by atoms with Crippen LogP contribution in [0.4, 0.5) is 0 Å². The molecule has 1 aliphatic heterocycles. The standard InChI is InChI=1S/C13H26N2S/c1-3-4-5-6-7-9-12(15-14)13(2)10-8-11-16-13/h3,12,15H,1,4-11,14H2,2H3. The van der Waals surface area contributed by atoms with Gasteiger partial charge in [-0.2, -0.15) is 11.8 Å². The van der Waals surface area contributed by atoms with Crippen molar-refractivity contribution in [2.75, 3.05) is 5.75 Å². The molecule has 1 saturated heterocycles. The predicted molar refractivity (Wildman–Crippen MR) is 74.5 cm³/mol. The van der Waals surface area contributed by atoms with Crippen LogP contribution in [-0.4, -0.2) is 16.5 Å². The summed E-state index contributed by atoms with van der Waals surface area (Å²) in [6.07, 6.45) is 10.8. The Morgan fingerprint density at radius 2 is 2.31 bits per heavy atom. The van der Waals surface area contributed by atoms with E-state index in [0.29, 0.717) is 10.8 Å². The van der Waals surface area contributed by atoms with Gasteiger partial charge in [0.05, 0.1) is 0 Å². The molecule has 16 heavy (non-hydrogen) atoms. The first kappa shape index (κ1) is 14.1. The molecule has 0 amide bonds. The highest BCUT2D eigenvalue weighted by Gasteiger charge is 2.36. The number of thioether (sulfide) groups is 1. The van der Waals surface area contributed by atoms with Gasteiger partial charge in [-0.05, 0) is 44.8 Å². The maximum atomic E-state index is 5.70. The first-order valence-corrected chi connectivity index (χ1v) is 7.42. The number of unbranched alkanes of at least 4 members (excludes halogenated alkanes) is 3. The van der Waals surface area contributed by atoms with Crippen LogP contribution in [0.1, 0.15) is 51.9 Å². The van der Waals surface area contributed by atoms with Gasteiger partial charge in [-0.3, -0.25) is 11.3 Å². The van der Waals surface area contributed by atoms with Crippen LogP contribution in [0.25, 0.3) is 0 Å². The van der Waals surface area contributed by atoms with Crippen molar-refractivity contribution in [2.45, 2.75) is 62.7 Å². The van der Waals surface area contributed by atoms with Gasteiger partial charge in [0.25, 0.3) is 0 Å². The van der Waals surface area contributed by atoms with Crippen LogP contribution < -0.4 is 11.3 Å². The van der Waals surface area contributed by atoms with E-state index in [1.165, 1.54) is 44.3 Å². The van der Waals surface area contributed by atoms with E-state index in [-0.39, 0.29) is 0 Å². The van der Waals surface area contributed by atoms with Gasteiger partial charge in [-0.1, -0.05) is 18.9 Å². The van der Waals surface area contributed by atoms with Gasteiger partial charge in [-0.25, -0.2) is 0 Å². The molecule has 1 fully saturated rings. The summed E-state index contributed by atoms with van der Waals surface area (Å²) in [5, 5.41) is 0. The minimum atomic E-state index is 0.368. The first-order chi connectivity index (χ1) is 7.73. The molecule has 0 aromatic carbocycles. The summed E-state index contributed by atoms with van der Waals surface area (Å²) in [5.74, 6) is 7.00. The van der Waals surface area contributed by atoms with Crippen LogP contribution in [0.2, 0.25) is 0 Å². The van der Waals surface area contributed by atoms with Gasteiger partial charge >= 0.3 is 0 Å². The molecule has 1 aliphatic rings. The number of allylic oxidation sites excluding steroid dienone is 1. The Labute approximate surface area is 104 Å². The largest absolute Gasteiger partial charge is 0.271 e. The first-order valence-electron chi connectivity index (χ1n) is 6.44. The fraction of sp³-hybridized carbons (Fsp3) is 0.846. The Bertz CT molecular complexity index is 200. The monoisotopic (exact) mass is 242 g/mol. The zero-order valence-electron chi connectivity index (χ0n) is 10.5. The summed E-state index contributed by atoms with van der Waals surface area (Å²) in [6.45, 7) is 6.11. The van der Waals surface area contributed by atoms with Gasteiger partial charge in [0.2, 0.25) is 0 Å². The Hall–Kier alpha value is 0.0100. The lowest BCUT2D eigenvalue weighted by Gasteiger charge is -2.32. The van der Waals surface area contributed by atoms with Crippen LogP contribution in [0.5, 0.6) is 0 Å². The van der Waals surface area contributed by atoms with Gasteiger partial charge in [0.1, 0.15) is 0 Å². The Kier molecular flexibility index (Phi) is 6.47. The molecular formula is C13H26N2S. The second kappa shape index (κ2) is 7.36. The number of hydrogen-bond acceptors (Lipinski definition) is 3. The third kappa shape index (κ3) is 4.11. The van der Waals surface area contributed by atoms with Crippen molar-refractivity contribution in [1.29, 1.82) is 0 Å². The van der Waals surface area contributed by atoms with E-state index in [1.807, 2.05) is 6.08 Å². The summed E-state index contributed by atoms with van der Waals surface area (Å²) in [4.78, 5) is 0. The molecule has 0 bridgehead atoms. The van der Waals surface area contributed by atoms with Crippen LogP contribution in [0, 0.1) is 0 Å². The van der Waals surface area contributed by atoms with Crippen LogP contribution in [0.15, 0.2) is 12.7 Å². The van der Waals surface area contributed by atoms with E-state index in [2.05, 4.69) is 30.7 Å². The Morgan fingerprint density at radius 1 is 1.50 bits per heavy atom. The van der Waals surface area contributed by atoms with Crippen LogP contribution in [0.3, 0.4) is 0 Å². The van der Waals surface area contributed by atoms with E-state index in [1.54, 1.807) is 0 Å². The van der Waals surface area contributed by atoms with Gasteiger partial charge in [0.15, 0.2) is 0 Å². The minimum Gasteiger partial charge on any atom is -0.271 e. The van der Waals surface area contributed by atoms with E-state index < -0.39 is 0 Å². The van der Waals surface area contributed by atoms with Crippen molar-refractivity contribution < 1.29 is 0 Å². The molecule has 0 radical (unpaired) electrons. The van der Waals surface area contributed by atoms with Crippen molar-refractivity contribution in [1.82, 2.24) is 5.43 Å². The lowest BCUT2D eigenvalue weighted by atomic mass is 9.92. The van der Waals surface area contributed by atoms with E-state index in [9.17, 15) is 0 Å². The molecule has 94 valence electrons. The van der Waals surface area contributed by atoms with Crippen molar-refractivity contribution in [3.63, 3.8) is 0 Å². The molecule has 2 nitrogen and oxygen atoms in total. The van der Waals surface area contributed by atoms with Gasteiger partial charge < -0.3 is 0 Å². The van der Waals surface area contributed by atoms with Crippen molar-refractivity contribution in [2.24, 2.45) is 5.84 Å². The third-order valence-corrected chi connectivity index (χ3v) is 5.23. The smallest absolute Gasteiger partial charge is 0.0354 e. The molecule has 0 aromatic heterocycles. The fourth-order valence-electron chi connectivity index (χ4n) is 2.45. The lowest BCUT2D eigenvalue weighted by molar-refractivity contribution is 0.374. The molecule has 0 spiro atoms. The highest BCUT2D eigenvalue weighted by atomic mass is 32.2. The zero-order valence-corrected chi connectivity index (χ0v) is 11.3. The van der Waals surface area contributed by atoms with Crippen LogP contribution >= 0.6 is 11.8 Å². The highest BCUT2D eigenvalue weighted by molar-refractivity contribution is 8.00. The zero-order chi connectivity index (χ0) is 11.9. The Morgan fingerprint density at radius 3 is 2.88 bits per heavy atom. The molecule has 2 unspecified atom stereocenters. The second-order valence-corrected chi connectivity index (χ2v) is 6.54. The van der Waals surface area contributed by atoms with Gasteiger partial charge in [0, 0.05) is 10.8 Å². The van der Waals surface area contributed by atoms with Crippen molar-refractivity contribution in [3.05, 3.63) is 12.7 Å². The molecule has 0 saturated carbocycles. The van der Waals surface area contributed by atoms with E-state index >= 15 is 0 Å². The molecular weight excluding hydrogens is 216 g/mol. The maximum absolute atomic E-state index is 5.70. The summed E-state index contributed by atoms with van der Waals surface area (Å²) in [7, 11) is 0. The minimum absolute atomic E-state index is 0.368. The van der Waals surface area contributed by atoms with E-state index in [4.69, 9.17) is 5.84 Å². The van der Waals surface area contributed by atoms with Crippen molar-refractivity contribution >= 4 is 11.8 Å². The SMILES string of the molecule is C=CCCCCCC(NN)C1(C)CCCS1. The Balaban J connectivity index is 2.23. The molecule has 1 heterocycles. The summed E-state index contributed by atoms with van der Waals surface area (Å²) < 4.78 is 0.368. The fourth-order valence-corrected chi connectivity index (χ4v) is 3.89. The van der Waals surface area contributed by atoms with Crippen LogP contribution in [-0.2, 0) is 0 Å². The molecule has 3 heteroatoms. The van der Waals surface area contributed by atoms with Gasteiger partial charge in [-0.15, -0.1) is 6.58 Å². The average molecular weight is 242 g/mol. The second-order valence-electron chi connectivity index (χ2n) is 4.91. The average Bonchev–Trinajstić information content (AvgIpc) is 2.71. The summed E-state index contributed by atoms with van der Waals surface area (Å²) in [5.41, 5.74) is 3.03. The predicted octanol–water partition coefficient (Wildman–Crippen LogP) is 3.24. The topological polar surface area (TPSA) is 38.0 Å². The molecule has 1 rings (SSSR count). The number of rotatable bonds is 8. The molecule has 0 aromatic rings. The number of hydrazine groups is 1. The third-order valence-electron chi connectivity index (χ3n) is 3.59. The number of hydrogen-bond donors (Lipinski definition) is 2. The summed E-state index contributed by atoms with van der Waals surface area (Å²) >= 11 is 2.09. The molecule has 3 N–H and O–H groups in total. The maximum Gasteiger partial charge on any atom is 0.0354 e. The lowest BCUT2D eigenvalue weighted by Crippen LogP contribution is -2.48. The number of nitrogens with one attached hydrogen (secondary N) is 1. The molecule has 0 aliphatic carbocycles. The highest BCUT2D eigenvalue weighted by Crippen LogP contribution is 2.41. The van der Waals surface area contributed by atoms with E-state index in [0.717, 1.165) is 6.42 Å². The quantitative estimate of drug-likeness (QED) is 0.297. The summed E-state index contributed by atoms with van der Waals surface area (Å²) in [6, 6.07) is 0.476. The van der Waals surface area contributed by atoms with Crippen molar-refractivity contribution in [3.8, 4) is 0 Å². The normalized spacial score (nSPS) is 26.9.